The molecule has 1 N–H and O–H groups in total. The zero-order valence-electron chi connectivity index (χ0n) is 22.9. The van der Waals surface area contributed by atoms with E-state index in [9.17, 15) is 4.79 Å². The van der Waals surface area contributed by atoms with Gasteiger partial charge >= 0.3 is 0 Å². The molecule has 6 heterocycles. The standard InChI is InChI=1S/C29H34N10O/c1-20(40)36-14-10-25(11-15-36)38-18-22-16-21(6-7-26(22)33-38)27-4-3-5-28-32-29(34-39(27)28)31-23-17-30-37(19-23)24-8-12-35(2)13-9-24/h3-7,16-19,24-25H,8-15H2,1-2H3,(H,31,34). The third kappa shape index (κ3) is 4.70. The van der Waals surface area contributed by atoms with E-state index in [1.165, 1.54) is 0 Å². The molecular formula is C29H34N10O. The Bertz CT molecular complexity index is 1670. The molecule has 0 saturated carbocycles. The summed E-state index contributed by atoms with van der Waals surface area (Å²) in [7, 11) is 2.17. The highest BCUT2D eigenvalue weighted by Gasteiger charge is 2.23. The number of benzene rings is 1. The Morgan fingerprint density at radius 2 is 1.70 bits per heavy atom. The first-order valence-corrected chi connectivity index (χ1v) is 14.1. The van der Waals surface area contributed by atoms with Crippen molar-refractivity contribution in [3.63, 3.8) is 0 Å². The number of nitrogens with one attached hydrogen (secondary N) is 1. The van der Waals surface area contributed by atoms with Crippen molar-refractivity contribution in [1.82, 2.24) is 44.0 Å². The zero-order chi connectivity index (χ0) is 27.2. The fraction of sp³-hybridized carbons (Fsp3) is 0.414. The van der Waals surface area contributed by atoms with Gasteiger partial charge in [-0.25, -0.2) is 4.52 Å². The van der Waals surface area contributed by atoms with Crippen molar-refractivity contribution < 1.29 is 4.79 Å². The molecule has 0 aliphatic carbocycles. The molecule has 0 atom stereocenters. The van der Waals surface area contributed by atoms with Crippen molar-refractivity contribution in [3.8, 4) is 11.3 Å². The van der Waals surface area contributed by atoms with Crippen molar-refractivity contribution >= 4 is 34.1 Å². The molecule has 2 fully saturated rings. The first kappa shape index (κ1) is 24.8. The quantitative estimate of drug-likeness (QED) is 0.359. The van der Waals surface area contributed by atoms with Gasteiger partial charge in [0.05, 0.1) is 35.2 Å². The van der Waals surface area contributed by atoms with Crippen molar-refractivity contribution in [3.05, 3.63) is 55.0 Å². The van der Waals surface area contributed by atoms with Crippen molar-refractivity contribution in [2.45, 2.75) is 44.7 Å². The minimum absolute atomic E-state index is 0.150. The number of pyridine rings is 1. The molecule has 2 aliphatic heterocycles. The van der Waals surface area contributed by atoms with Gasteiger partial charge in [0.2, 0.25) is 11.9 Å². The second-order valence-electron chi connectivity index (χ2n) is 11.1. The first-order chi connectivity index (χ1) is 19.5. The summed E-state index contributed by atoms with van der Waals surface area (Å²) in [6.07, 6.45) is 10.1. The van der Waals surface area contributed by atoms with Crippen LogP contribution >= 0.6 is 0 Å². The number of fused-ring (bicyclic) bond motifs is 2. The Kier molecular flexibility index (Phi) is 6.22. The monoisotopic (exact) mass is 538 g/mol. The number of amides is 1. The van der Waals surface area contributed by atoms with Crippen LogP contribution < -0.4 is 5.32 Å². The average molecular weight is 539 g/mol. The number of piperidine rings is 2. The van der Waals surface area contributed by atoms with E-state index in [2.05, 4.69) is 68.4 Å². The molecule has 5 aromatic rings. The molecule has 2 saturated heterocycles. The molecule has 206 valence electrons. The number of hydrogen-bond donors (Lipinski definition) is 1. The minimum Gasteiger partial charge on any atom is -0.343 e. The highest BCUT2D eigenvalue weighted by molar-refractivity contribution is 5.84. The fourth-order valence-corrected chi connectivity index (χ4v) is 6.00. The van der Waals surface area contributed by atoms with Crippen LogP contribution in [0.2, 0.25) is 0 Å². The molecule has 0 bridgehead atoms. The molecule has 0 radical (unpaired) electrons. The van der Waals surface area contributed by atoms with Gasteiger partial charge in [0.15, 0.2) is 5.65 Å². The topological polar surface area (TPSA) is 101 Å². The highest BCUT2D eigenvalue weighted by Crippen LogP contribution is 2.29. The largest absolute Gasteiger partial charge is 0.343 e. The molecule has 2 aliphatic rings. The van der Waals surface area contributed by atoms with Crippen molar-refractivity contribution in [2.75, 3.05) is 38.5 Å². The molecule has 11 nitrogen and oxygen atoms in total. The van der Waals surface area contributed by atoms with Crippen LogP contribution in [0, 0.1) is 0 Å². The van der Waals surface area contributed by atoms with Gasteiger partial charge in [0.1, 0.15) is 0 Å². The van der Waals surface area contributed by atoms with E-state index < -0.39 is 0 Å². The number of aromatic nitrogens is 7. The van der Waals surface area contributed by atoms with E-state index in [-0.39, 0.29) is 5.91 Å². The third-order valence-electron chi connectivity index (χ3n) is 8.38. The predicted octanol–water partition coefficient (Wildman–Crippen LogP) is 4.14. The third-order valence-corrected chi connectivity index (χ3v) is 8.38. The molecule has 7 rings (SSSR count). The summed E-state index contributed by atoms with van der Waals surface area (Å²) in [6, 6.07) is 13.1. The van der Waals surface area contributed by atoms with E-state index in [4.69, 9.17) is 15.2 Å². The Hall–Kier alpha value is -4.25. The minimum atomic E-state index is 0.150. The molecule has 4 aromatic heterocycles. The maximum Gasteiger partial charge on any atom is 0.247 e. The van der Waals surface area contributed by atoms with Gasteiger partial charge in [-0.2, -0.15) is 15.2 Å². The van der Waals surface area contributed by atoms with Crippen LogP contribution in [0.15, 0.2) is 55.0 Å². The van der Waals surface area contributed by atoms with Gasteiger partial charge < -0.3 is 15.1 Å². The van der Waals surface area contributed by atoms with Crippen LogP contribution in [-0.2, 0) is 4.79 Å². The molecule has 11 heteroatoms. The van der Waals surface area contributed by atoms with Crippen LogP contribution in [0.25, 0.3) is 27.8 Å². The van der Waals surface area contributed by atoms with Crippen molar-refractivity contribution in [1.29, 1.82) is 0 Å². The molecule has 40 heavy (non-hydrogen) atoms. The lowest BCUT2D eigenvalue weighted by Gasteiger charge is -2.31. The first-order valence-electron chi connectivity index (χ1n) is 14.1. The van der Waals surface area contributed by atoms with E-state index in [1.807, 2.05) is 27.7 Å². The van der Waals surface area contributed by atoms with Crippen LogP contribution in [-0.4, -0.2) is 83.1 Å². The number of likely N-dealkylation sites (tertiary alicyclic amines) is 2. The fourth-order valence-electron chi connectivity index (χ4n) is 6.00. The number of hydrogen-bond acceptors (Lipinski definition) is 7. The number of anilines is 2. The maximum absolute atomic E-state index is 11.7. The lowest BCUT2D eigenvalue weighted by molar-refractivity contribution is -0.130. The number of rotatable bonds is 5. The van der Waals surface area contributed by atoms with E-state index in [0.29, 0.717) is 18.0 Å². The summed E-state index contributed by atoms with van der Waals surface area (Å²) >= 11 is 0. The van der Waals surface area contributed by atoms with Gasteiger partial charge in [-0.05, 0) is 70.1 Å². The second-order valence-corrected chi connectivity index (χ2v) is 11.1. The Morgan fingerprint density at radius 1 is 0.925 bits per heavy atom. The van der Waals surface area contributed by atoms with Gasteiger partial charge in [-0.3, -0.25) is 14.2 Å². The number of nitrogens with zero attached hydrogens (tertiary/aromatic N) is 9. The Morgan fingerprint density at radius 3 is 2.50 bits per heavy atom. The summed E-state index contributed by atoms with van der Waals surface area (Å²) in [5.74, 6) is 0.693. The highest BCUT2D eigenvalue weighted by atomic mass is 16.2. The summed E-state index contributed by atoms with van der Waals surface area (Å²) in [5, 5.41) is 18.7. The van der Waals surface area contributed by atoms with Gasteiger partial charge in [-0.15, -0.1) is 5.10 Å². The van der Waals surface area contributed by atoms with Crippen molar-refractivity contribution in [2.24, 2.45) is 0 Å². The van der Waals surface area contributed by atoms with E-state index in [0.717, 1.165) is 85.4 Å². The Balaban J connectivity index is 1.11. The van der Waals surface area contributed by atoms with Crippen LogP contribution in [0.1, 0.15) is 44.7 Å². The molecule has 1 amide bonds. The number of carbonyl (C=O) groups is 1. The van der Waals surface area contributed by atoms with Gasteiger partial charge in [-0.1, -0.05) is 12.1 Å². The van der Waals surface area contributed by atoms with Crippen LogP contribution in [0.4, 0.5) is 11.6 Å². The summed E-state index contributed by atoms with van der Waals surface area (Å²) < 4.78 is 6.03. The molecule has 0 spiro atoms. The predicted molar refractivity (Wildman–Crippen MR) is 154 cm³/mol. The van der Waals surface area contributed by atoms with E-state index >= 15 is 0 Å². The van der Waals surface area contributed by atoms with Gasteiger partial charge in [0.25, 0.3) is 0 Å². The smallest absolute Gasteiger partial charge is 0.247 e. The summed E-state index contributed by atoms with van der Waals surface area (Å²) in [5.41, 5.74) is 4.64. The molecule has 1 aromatic carbocycles. The normalized spacial score (nSPS) is 17.7. The summed E-state index contributed by atoms with van der Waals surface area (Å²) in [6.45, 7) is 5.40. The maximum atomic E-state index is 11.7. The average Bonchev–Trinajstić information content (AvgIpc) is 3.71. The van der Waals surface area contributed by atoms with Crippen LogP contribution in [0.3, 0.4) is 0 Å². The molecular weight excluding hydrogens is 504 g/mol. The Labute approximate surface area is 232 Å². The molecule has 0 unspecified atom stereocenters. The van der Waals surface area contributed by atoms with Gasteiger partial charge in [0, 0.05) is 43.4 Å². The van der Waals surface area contributed by atoms with Crippen LogP contribution in [0.5, 0.6) is 0 Å². The lowest BCUT2D eigenvalue weighted by atomic mass is 10.1. The number of carbonyl (C=O) groups excluding carboxylic acids is 1. The second kappa shape index (κ2) is 10.1. The zero-order valence-corrected chi connectivity index (χ0v) is 22.9. The lowest BCUT2D eigenvalue weighted by Crippen LogP contribution is -2.37. The SMILES string of the molecule is CC(=O)N1CCC(n2cc3cc(-c4cccc5nc(Nc6cnn(C7CCN(C)CC7)c6)nn45)ccc3n2)CC1. The summed E-state index contributed by atoms with van der Waals surface area (Å²) in [4.78, 5) is 20.7. The van der Waals surface area contributed by atoms with E-state index in [1.54, 1.807) is 6.92 Å².